The van der Waals surface area contributed by atoms with Crippen LogP contribution in [0.15, 0.2) is 34.2 Å². The predicted molar refractivity (Wildman–Crippen MR) is 174 cm³/mol. The molecule has 2 heterocycles. The highest BCUT2D eigenvalue weighted by atomic mass is 16.6. The molecule has 5 rings (SSSR count). The van der Waals surface area contributed by atoms with E-state index in [1.807, 2.05) is 0 Å². The summed E-state index contributed by atoms with van der Waals surface area (Å²) in [4.78, 5) is 84.2. The Morgan fingerprint density at radius 1 is 0.640 bits per heavy atom. The minimum absolute atomic E-state index is 0.0349. The molecule has 2 saturated carbocycles. The molecule has 4 unspecified atom stereocenters. The van der Waals surface area contributed by atoms with Crippen molar-refractivity contribution in [2.45, 2.75) is 110 Å². The molecule has 0 radical (unpaired) electrons. The van der Waals surface area contributed by atoms with Crippen molar-refractivity contribution in [3.05, 3.63) is 34.2 Å². The van der Waals surface area contributed by atoms with Crippen LogP contribution in [0.3, 0.4) is 0 Å². The third-order valence-electron chi connectivity index (χ3n) is 9.74. The monoisotopic (exact) mass is 700 g/mol. The molecule has 0 aromatic heterocycles. The summed E-state index contributed by atoms with van der Waals surface area (Å²) >= 11 is 0. The Labute approximate surface area is 291 Å². The molecule has 0 aromatic carbocycles. The van der Waals surface area contributed by atoms with Crippen LogP contribution >= 0.6 is 0 Å². The smallest absolute Gasteiger partial charge is 0.340 e. The molecule has 2 fully saturated rings. The third-order valence-corrected chi connectivity index (χ3v) is 9.74. The van der Waals surface area contributed by atoms with Crippen LogP contribution in [0.1, 0.15) is 91.9 Å². The van der Waals surface area contributed by atoms with Crippen LogP contribution in [0.4, 0.5) is 0 Å². The molecule has 3 aliphatic carbocycles. The zero-order valence-electron chi connectivity index (χ0n) is 29.3. The number of hydrogen-bond donors (Lipinski definition) is 2. The Morgan fingerprint density at radius 2 is 1.14 bits per heavy atom. The average molecular weight is 701 g/mol. The fraction of sp³-hybridized carbons (Fsp3) is 0.667. The first-order valence-corrected chi connectivity index (χ1v) is 18.0. The number of hydrogen-bond acceptors (Lipinski definition) is 14. The van der Waals surface area contributed by atoms with Gasteiger partial charge in [-0.15, -0.1) is 0 Å². The van der Waals surface area contributed by atoms with Crippen LogP contribution in [0.2, 0.25) is 0 Å². The number of esters is 4. The molecule has 50 heavy (non-hydrogen) atoms. The van der Waals surface area contributed by atoms with E-state index in [1.54, 1.807) is 27.7 Å². The van der Waals surface area contributed by atoms with Crippen LogP contribution < -0.4 is 10.6 Å². The molecular formula is C36H48N2O12. The molecule has 0 amide bonds. The van der Waals surface area contributed by atoms with E-state index in [2.05, 4.69) is 10.6 Å². The lowest BCUT2D eigenvalue weighted by Crippen LogP contribution is -2.57. The number of nitrogens with one attached hydrogen (secondary N) is 2. The highest BCUT2D eigenvalue weighted by Crippen LogP contribution is 2.47. The highest BCUT2D eigenvalue weighted by Gasteiger charge is 2.61. The van der Waals surface area contributed by atoms with E-state index in [9.17, 15) is 28.8 Å². The number of carbonyl (C=O) groups is 6. The van der Waals surface area contributed by atoms with Crippen LogP contribution in [0.5, 0.6) is 0 Å². The first-order valence-electron chi connectivity index (χ1n) is 18.0. The summed E-state index contributed by atoms with van der Waals surface area (Å²) < 4.78 is 33.9. The van der Waals surface area contributed by atoms with Gasteiger partial charge in [-0.25, -0.2) is 9.59 Å². The second-order valence-electron chi connectivity index (χ2n) is 12.9. The van der Waals surface area contributed by atoms with E-state index in [0.717, 1.165) is 64.2 Å². The Morgan fingerprint density at radius 3 is 1.68 bits per heavy atom. The molecule has 0 aromatic rings. The lowest BCUT2D eigenvalue weighted by atomic mass is 9.68. The van der Waals surface area contributed by atoms with Gasteiger partial charge in [0.05, 0.1) is 37.9 Å². The first-order chi connectivity index (χ1) is 24.2. The van der Waals surface area contributed by atoms with Gasteiger partial charge in [-0.1, -0.05) is 38.5 Å². The molecule has 0 spiro atoms. The molecule has 5 aliphatic rings. The maximum Gasteiger partial charge on any atom is 0.340 e. The van der Waals surface area contributed by atoms with Gasteiger partial charge in [-0.3, -0.25) is 19.2 Å². The summed E-state index contributed by atoms with van der Waals surface area (Å²) in [6.07, 6.45) is 6.99. The van der Waals surface area contributed by atoms with Gasteiger partial charge in [0.2, 0.25) is 17.4 Å². The van der Waals surface area contributed by atoms with Crippen LogP contribution in [-0.2, 0) is 57.2 Å². The SMILES string of the molecule is CCOC(=O)C1=C(NC2CCCCC2)OC2=C(C(=O)C3OC(NC4CCCCC4)=C(C(=O)OCC)C(C(=O)OCC)C3C2=O)C1C(=O)OCC. The summed E-state index contributed by atoms with van der Waals surface area (Å²) in [6, 6.07) is -0.309. The molecule has 274 valence electrons. The lowest BCUT2D eigenvalue weighted by Gasteiger charge is -2.43. The molecule has 14 nitrogen and oxygen atoms in total. The number of ether oxygens (including phenoxy) is 6. The molecule has 14 heteroatoms. The molecular weight excluding hydrogens is 652 g/mol. The Balaban J connectivity index is 1.66. The standard InChI is InChI=1S/C36H48N2O12/c1-5-45-33(41)21-23-27(39)30-24(28(40)29(23)49-31(25(21)35(43)47-7-3)37-19-15-11-9-12-16-19)22(34(42)46-6-2)26(36(44)48-8-4)32(50-30)38-20-17-13-10-14-18-20/h19-23,29,37-38H,5-18H2,1-4H3. The summed E-state index contributed by atoms with van der Waals surface area (Å²) in [7, 11) is 0. The molecule has 4 atom stereocenters. The largest absolute Gasteiger partial charge is 0.466 e. The Bertz CT molecular complexity index is 1420. The topological polar surface area (TPSA) is 182 Å². The third kappa shape index (κ3) is 7.39. The quantitative estimate of drug-likeness (QED) is 0.224. The fourth-order valence-corrected chi connectivity index (χ4v) is 7.51. The number of ketones is 2. The Kier molecular flexibility index (Phi) is 12.2. The van der Waals surface area contributed by atoms with E-state index in [1.165, 1.54) is 0 Å². The predicted octanol–water partition coefficient (Wildman–Crippen LogP) is 3.19. The number of rotatable bonds is 12. The van der Waals surface area contributed by atoms with Crippen molar-refractivity contribution < 1.29 is 57.2 Å². The molecule has 2 N–H and O–H groups in total. The van der Waals surface area contributed by atoms with Gasteiger partial charge in [-0.05, 0) is 53.4 Å². The summed E-state index contributed by atoms with van der Waals surface area (Å²) in [5, 5.41) is 6.42. The molecule has 2 aliphatic heterocycles. The average Bonchev–Trinajstić information content (AvgIpc) is 3.10. The molecule has 0 saturated heterocycles. The van der Waals surface area contributed by atoms with Gasteiger partial charge in [0.1, 0.15) is 23.0 Å². The zero-order valence-corrected chi connectivity index (χ0v) is 29.3. The number of carbonyl (C=O) groups excluding carboxylic acids is 6. The van der Waals surface area contributed by atoms with Crippen molar-refractivity contribution in [2.75, 3.05) is 26.4 Å². The fourth-order valence-electron chi connectivity index (χ4n) is 7.51. The highest BCUT2D eigenvalue weighted by molar-refractivity contribution is 6.20. The van der Waals surface area contributed by atoms with Crippen molar-refractivity contribution >= 4 is 35.4 Å². The normalized spacial score (nSPS) is 25.8. The second kappa shape index (κ2) is 16.6. The van der Waals surface area contributed by atoms with Gasteiger partial charge in [0.25, 0.3) is 0 Å². The summed E-state index contributed by atoms with van der Waals surface area (Å²) in [5.41, 5.74) is -0.996. The van der Waals surface area contributed by atoms with E-state index in [-0.39, 0.29) is 61.4 Å². The van der Waals surface area contributed by atoms with Crippen molar-refractivity contribution in [3.63, 3.8) is 0 Å². The maximum atomic E-state index is 14.7. The number of allylic oxidation sites excluding steroid dienone is 1. The number of fused-ring (bicyclic) bond motifs is 1. The van der Waals surface area contributed by atoms with Crippen molar-refractivity contribution in [2.24, 2.45) is 17.8 Å². The van der Waals surface area contributed by atoms with Gasteiger partial charge >= 0.3 is 23.9 Å². The van der Waals surface area contributed by atoms with E-state index in [0.29, 0.717) is 0 Å². The van der Waals surface area contributed by atoms with Gasteiger partial charge < -0.3 is 39.1 Å². The minimum atomic E-state index is -1.70. The summed E-state index contributed by atoms with van der Waals surface area (Å²) in [5.74, 6) is -11.3. The van der Waals surface area contributed by atoms with Crippen LogP contribution in [0, 0.1) is 17.8 Å². The maximum absolute atomic E-state index is 14.7. The van der Waals surface area contributed by atoms with Crippen LogP contribution in [0.25, 0.3) is 0 Å². The van der Waals surface area contributed by atoms with Gasteiger partial charge in [-0.2, -0.15) is 0 Å². The van der Waals surface area contributed by atoms with E-state index in [4.69, 9.17) is 28.4 Å². The lowest BCUT2D eigenvalue weighted by molar-refractivity contribution is -0.163. The second-order valence-corrected chi connectivity index (χ2v) is 12.9. The van der Waals surface area contributed by atoms with Crippen molar-refractivity contribution in [3.8, 4) is 0 Å². The van der Waals surface area contributed by atoms with Gasteiger partial charge in [0.15, 0.2) is 17.7 Å². The van der Waals surface area contributed by atoms with Gasteiger partial charge in [0, 0.05) is 12.1 Å². The van der Waals surface area contributed by atoms with Crippen LogP contribution in [-0.4, -0.2) is 80.1 Å². The number of Topliss-reactive ketones (excluding diaryl/α,β-unsaturated/α-hetero) is 2. The van der Waals surface area contributed by atoms with E-state index < -0.39 is 70.6 Å². The van der Waals surface area contributed by atoms with Crippen molar-refractivity contribution in [1.29, 1.82) is 0 Å². The zero-order chi connectivity index (χ0) is 35.9. The summed E-state index contributed by atoms with van der Waals surface area (Å²) in [6.45, 7) is 6.11. The first kappa shape index (κ1) is 36.9. The minimum Gasteiger partial charge on any atom is -0.466 e. The molecule has 0 bridgehead atoms. The van der Waals surface area contributed by atoms with Crippen molar-refractivity contribution in [1.82, 2.24) is 10.6 Å². The van der Waals surface area contributed by atoms with E-state index >= 15 is 0 Å². The Hall–Kier alpha value is -4.36.